The van der Waals surface area contributed by atoms with Crippen molar-refractivity contribution in [3.05, 3.63) is 22.6 Å². The number of hydrogen-bond acceptors (Lipinski definition) is 5. The maximum atomic E-state index is 11.9. The van der Waals surface area contributed by atoms with Crippen molar-refractivity contribution in [1.29, 1.82) is 0 Å². The van der Waals surface area contributed by atoms with Crippen molar-refractivity contribution in [3.63, 3.8) is 0 Å². The van der Waals surface area contributed by atoms with E-state index in [0.717, 1.165) is 36.4 Å². The molecule has 0 bridgehead atoms. The van der Waals surface area contributed by atoms with Gasteiger partial charge in [0.25, 0.3) is 5.56 Å². The molecule has 0 spiro atoms. The van der Waals surface area contributed by atoms with Gasteiger partial charge in [-0.25, -0.2) is 4.68 Å². The molecular weight excluding hydrogens is 248 g/mol. The molecule has 0 amide bonds. The monoisotopic (exact) mass is 266 g/mol. The van der Waals surface area contributed by atoms with E-state index in [1.807, 2.05) is 0 Å². The topological polar surface area (TPSA) is 81.4 Å². The fourth-order valence-corrected chi connectivity index (χ4v) is 2.18. The molecule has 0 aliphatic heterocycles. The molecular formula is C13H18N2O4. The Balaban J connectivity index is 1.94. The van der Waals surface area contributed by atoms with Crippen LogP contribution in [-0.4, -0.2) is 27.0 Å². The van der Waals surface area contributed by atoms with Crippen LogP contribution in [-0.2, 0) is 16.1 Å². The van der Waals surface area contributed by atoms with Crippen LogP contribution in [0.3, 0.4) is 0 Å². The first-order valence-corrected chi connectivity index (χ1v) is 6.53. The SMILES string of the molecule is CC(Cn1ncc(O)cc1=O)C(=O)OC1CCCC1. The minimum absolute atomic E-state index is 0.0273. The van der Waals surface area contributed by atoms with Gasteiger partial charge >= 0.3 is 5.97 Å². The molecule has 104 valence electrons. The Morgan fingerprint density at radius 2 is 2.26 bits per heavy atom. The molecule has 1 fully saturated rings. The normalized spacial score (nSPS) is 17.3. The van der Waals surface area contributed by atoms with Crippen molar-refractivity contribution in [2.45, 2.75) is 45.3 Å². The van der Waals surface area contributed by atoms with Gasteiger partial charge in [0.05, 0.1) is 18.7 Å². The average Bonchev–Trinajstić information content (AvgIpc) is 2.85. The first-order valence-electron chi connectivity index (χ1n) is 6.53. The minimum atomic E-state index is -0.435. The van der Waals surface area contributed by atoms with Crippen LogP contribution in [0, 0.1) is 5.92 Å². The lowest BCUT2D eigenvalue weighted by atomic mass is 10.2. The van der Waals surface area contributed by atoms with Crippen LogP contribution in [0.2, 0.25) is 0 Å². The number of nitrogens with zero attached hydrogens (tertiary/aromatic N) is 2. The Hall–Kier alpha value is -1.85. The lowest BCUT2D eigenvalue weighted by Gasteiger charge is -2.16. The number of carbonyl (C=O) groups is 1. The summed E-state index contributed by atoms with van der Waals surface area (Å²) in [4.78, 5) is 23.4. The first-order chi connectivity index (χ1) is 9.06. The maximum Gasteiger partial charge on any atom is 0.310 e. The molecule has 1 aromatic heterocycles. The Kier molecular flexibility index (Phi) is 4.19. The van der Waals surface area contributed by atoms with Crippen molar-refractivity contribution < 1.29 is 14.6 Å². The van der Waals surface area contributed by atoms with Crippen molar-refractivity contribution in [1.82, 2.24) is 9.78 Å². The van der Waals surface area contributed by atoms with E-state index in [0.29, 0.717) is 0 Å². The molecule has 0 saturated heterocycles. The van der Waals surface area contributed by atoms with E-state index in [2.05, 4.69) is 5.10 Å². The zero-order valence-corrected chi connectivity index (χ0v) is 10.9. The van der Waals surface area contributed by atoms with Gasteiger partial charge in [-0.05, 0) is 25.7 Å². The third-order valence-electron chi connectivity index (χ3n) is 3.29. The van der Waals surface area contributed by atoms with Crippen LogP contribution in [0.1, 0.15) is 32.6 Å². The predicted octanol–water partition coefficient (Wildman–Crippen LogP) is 1.07. The van der Waals surface area contributed by atoms with Gasteiger partial charge in [0.1, 0.15) is 11.9 Å². The molecule has 1 aliphatic rings. The summed E-state index contributed by atoms with van der Waals surface area (Å²) < 4.78 is 6.53. The Morgan fingerprint density at radius 3 is 2.89 bits per heavy atom. The minimum Gasteiger partial charge on any atom is -0.506 e. The molecule has 1 unspecified atom stereocenters. The molecule has 1 aromatic rings. The smallest absolute Gasteiger partial charge is 0.310 e. The van der Waals surface area contributed by atoms with E-state index in [-0.39, 0.29) is 24.4 Å². The van der Waals surface area contributed by atoms with E-state index in [4.69, 9.17) is 9.84 Å². The molecule has 1 aliphatic carbocycles. The number of carbonyl (C=O) groups excluding carboxylic acids is 1. The van der Waals surface area contributed by atoms with Crippen molar-refractivity contribution in [2.24, 2.45) is 5.92 Å². The van der Waals surface area contributed by atoms with Crippen LogP contribution in [0.4, 0.5) is 0 Å². The maximum absolute atomic E-state index is 11.9. The Labute approximate surface area is 111 Å². The van der Waals surface area contributed by atoms with Gasteiger partial charge in [0, 0.05) is 6.07 Å². The zero-order valence-electron chi connectivity index (χ0n) is 10.9. The average molecular weight is 266 g/mol. The van der Waals surface area contributed by atoms with Crippen molar-refractivity contribution >= 4 is 5.97 Å². The van der Waals surface area contributed by atoms with Crippen LogP contribution in [0.5, 0.6) is 5.75 Å². The lowest BCUT2D eigenvalue weighted by molar-refractivity contribution is -0.153. The van der Waals surface area contributed by atoms with Crippen LogP contribution in [0.15, 0.2) is 17.1 Å². The fourth-order valence-electron chi connectivity index (χ4n) is 2.18. The highest BCUT2D eigenvalue weighted by Crippen LogP contribution is 2.22. The molecule has 6 nitrogen and oxygen atoms in total. The highest BCUT2D eigenvalue weighted by Gasteiger charge is 2.23. The molecule has 19 heavy (non-hydrogen) atoms. The summed E-state index contributed by atoms with van der Waals surface area (Å²) in [6.07, 6.45) is 5.26. The van der Waals surface area contributed by atoms with Gasteiger partial charge in [-0.2, -0.15) is 5.10 Å². The zero-order chi connectivity index (χ0) is 13.8. The van der Waals surface area contributed by atoms with Crippen LogP contribution >= 0.6 is 0 Å². The molecule has 0 radical (unpaired) electrons. The van der Waals surface area contributed by atoms with Gasteiger partial charge in [0.2, 0.25) is 0 Å². The second-order valence-corrected chi connectivity index (χ2v) is 4.98. The molecule has 6 heteroatoms. The second kappa shape index (κ2) is 5.86. The molecule has 1 N–H and O–H groups in total. The van der Waals surface area contributed by atoms with Crippen molar-refractivity contribution in [2.75, 3.05) is 0 Å². The second-order valence-electron chi connectivity index (χ2n) is 4.98. The first kappa shape index (κ1) is 13.6. The molecule has 2 rings (SSSR count). The standard InChI is InChI=1S/C13H18N2O4/c1-9(13(18)19-11-4-2-3-5-11)8-15-12(17)6-10(16)7-14-15/h6-7,9,11,16H,2-5,8H2,1H3. The Bertz CT molecular complexity index is 506. The molecule has 1 heterocycles. The molecule has 1 saturated carbocycles. The number of aromatic nitrogens is 2. The van der Waals surface area contributed by atoms with Crippen LogP contribution < -0.4 is 5.56 Å². The summed E-state index contributed by atoms with van der Waals surface area (Å²) in [6, 6.07) is 1.07. The van der Waals surface area contributed by atoms with E-state index >= 15 is 0 Å². The highest BCUT2D eigenvalue weighted by molar-refractivity contribution is 5.72. The number of hydrogen-bond donors (Lipinski definition) is 1. The van der Waals surface area contributed by atoms with Gasteiger partial charge in [-0.3, -0.25) is 9.59 Å². The largest absolute Gasteiger partial charge is 0.506 e. The Morgan fingerprint density at radius 1 is 1.58 bits per heavy atom. The van der Waals surface area contributed by atoms with Gasteiger partial charge in [-0.15, -0.1) is 0 Å². The summed E-state index contributed by atoms with van der Waals surface area (Å²) in [6.45, 7) is 1.86. The van der Waals surface area contributed by atoms with Crippen LogP contribution in [0.25, 0.3) is 0 Å². The fraction of sp³-hybridized carbons (Fsp3) is 0.615. The number of aromatic hydroxyl groups is 1. The van der Waals surface area contributed by atoms with Gasteiger partial charge < -0.3 is 9.84 Å². The van der Waals surface area contributed by atoms with Gasteiger partial charge in [-0.1, -0.05) is 6.92 Å². The number of ether oxygens (including phenoxy) is 1. The third kappa shape index (κ3) is 3.56. The number of rotatable bonds is 4. The molecule has 1 atom stereocenters. The summed E-state index contributed by atoms with van der Waals surface area (Å²) >= 11 is 0. The van der Waals surface area contributed by atoms with Gasteiger partial charge in [0.15, 0.2) is 0 Å². The van der Waals surface area contributed by atoms with E-state index in [1.54, 1.807) is 6.92 Å². The van der Waals surface area contributed by atoms with E-state index in [9.17, 15) is 9.59 Å². The lowest BCUT2D eigenvalue weighted by Crippen LogP contribution is -2.30. The summed E-state index contributed by atoms with van der Waals surface area (Å²) in [7, 11) is 0. The van der Waals surface area contributed by atoms with E-state index < -0.39 is 11.5 Å². The van der Waals surface area contributed by atoms with E-state index in [1.165, 1.54) is 6.20 Å². The summed E-state index contributed by atoms with van der Waals surface area (Å²) in [5.74, 6) is -0.911. The number of esters is 1. The predicted molar refractivity (Wildman–Crippen MR) is 67.7 cm³/mol. The molecule has 0 aromatic carbocycles. The highest BCUT2D eigenvalue weighted by atomic mass is 16.5. The van der Waals surface area contributed by atoms with Crippen molar-refractivity contribution in [3.8, 4) is 5.75 Å². The quantitative estimate of drug-likeness (QED) is 0.824. The third-order valence-corrected chi connectivity index (χ3v) is 3.29. The summed E-state index contributed by atoms with van der Waals surface area (Å²) in [5.41, 5.74) is -0.430. The summed E-state index contributed by atoms with van der Waals surface area (Å²) in [5, 5.41) is 12.9.